The Bertz CT molecular complexity index is 628. The lowest BCUT2D eigenvalue weighted by Gasteiger charge is -2.10. The predicted octanol–water partition coefficient (Wildman–Crippen LogP) is 0.239. The number of hydrogen-bond acceptors (Lipinski definition) is 5. The van der Waals surface area contributed by atoms with Crippen LogP contribution >= 0.6 is 11.8 Å². The zero-order valence-electron chi connectivity index (χ0n) is 10.3. The second-order valence-electron chi connectivity index (χ2n) is 4.29. The Kier molecular flexibility index (Phi) is 4.31. The highest BCUT2D eigenvalue weighted by atomic mass is 32.2. The van der Waals surface area contributed by atoms with Crippen LogP contribution in [-0.4, -0.2) is 31.4 Å². The first-order chi connectivity index (χ1) is 9.33. The van der Waals surface area contributed by atoms with Crippen molar-refractivity contribution in [1.29, 1.82) is 0 Å². The summed E-state index contributed by atoms with van der Waals surface area (Å²) in [5.74, 6) is -0.160. The number of thioether (sulfide) groups is 1. The summed E-state index contributed by atoms with van der Waals surface area (Å²) in [6, 6.07) is 5.77. The summed E-state index contributed by atoms with van der Waals surface area (Å²) in [5.41, 5.74) is 1.06. The third-order valence-electron chi connectivity index (χ3n) is 2.58. The van der Waals surface area contributed by atoms with E-state index in [9.17, 15) is 18.0 Å². The van der Waals surface area contributed by atoms with Gasteiger partial charge in [-0.2, -0.15) is 0 Å². The summed E-state index contributed by atoms with van der Waals surface area (Å²) in [7, 11) is -3.57. The van der Waals surface area contributed by atoms with Crippen molar-refractivity contribution in [3.63, 3.8) is 0 Å². The van der Waals surface area contributed by atoms with Crippen molar-refractivity contribution in [3.05, 3.63) is 29.8 Å². The molecule has 1 saturated heterocycles. The lowest BCUT2D eigenvalue weighted by Crippen LogP contribution is -2.38. The Morgan fingerprint density at radius 3 is 2.55 bits per heavy atom. The Balaban J connectivity index is 1.97. The molecule has 1 atom stereocenters. The second-order valence-corrected chi connectivity index (χ2v) is 6.90. The van der Waals surface area contributed by atoms with E-state index < -0.39 is 16.1 Å². The van der Waals surface area contributed by atoms with Gasteiger partial charge in [0, 0.05) is 11.4 Å². The highest BCUT2D eigenvalue weighted by Gasteiger charge is 2.27. The third kappa shape index (κ3) is 4.22. The minimum Gasteiger partial charge on any atom is -0.334 e. The zero-order chi connectivity index (χ0) is 14.8. The lowest BCUT2D eigenvalue weighted by atomic mass is 10.2. The van der Waals surface area contributed by atoms with Crippen molar-refractivity contribution in [2.75, 3.05) is 11.1 Å². The van der Waals surface area contributed by atoms with E-state index in [-0.39, 0.29) is 16.9 Å². The molecule has 4 N–H and O–H groups in total. The maximum absolute atomic E-state index is 11.8. The predicted molar refractivity (Wildman–Crippen MR) is 76.7 cm³/mol. The van der Waals surface area contributed by atoms with Crippen LogP contribution in [0.3, 0.4) is 0 Å². The highest BCUT2D eigenvalue weighted by molar-refractivity contribution is 8.14. The smallest absolute Gasteiger partial charge is 0.279 e. The van der Waals surface area contributed by atoms with Crippen LogP contribution in [0.4, 0.5) is 10.5 Å². The van der Waals surface area contributed by atoms with Gasteiger partial charge >= 0.3 is 0 Å². The number of carbonyl (C=O) groups is 2. The quantitative estimate of drug-likeness (QED) is 0.735. The van der Waals surface area contributed by atoms with Crippen molar-refractivity contribution in [3.8, 4) is 0 Å². The summed E-state index contributed by atoms with van der Waals surface area (Å²) in [6.45, 7) is 0. The van der Waals surface area contributed by atoms with Crippen LogP contribution in [0.5, 0.6) is 0 Å². The molecular formula is C11H13N3O4S2. The number of primary sulfonamides is 1. The van der Waals surface area contributed by atoms with E-state index in [1.807, 2.05) is 0 Å². The standard InChI is InChI=1S/C11H13N3O4S2/c12-20(17,18)6-7-1-3-8(4-2-7)13-10(15)9-5-19-11(16)14-9/h1-4,9H,5-6H2,(H,13,15)(H,14,16)(H2,12,17,18). The molecule has 1 unspecified atom stereocenters. The molecule has 1 aliphatic heterocycles. The fourth-order valence-electron chi connectivity index (χ4n) is 1.67. The topological polar surface area (TPSA) is 118 Å². The number of benzene rings is 1. The minimum absolute atomic E-state index is 0.214. The van der Waals surface area contributed by atoms with Gasteiger partial charge < -0.3 is 10.6 Å². The monoisotopic (exact) mass is 315 g/mol. The number of nitrogens with one attached hydrogen (secondary N) is 2. The van der Waals surface area contributed by atoms with Crippen LogP contribution in [0.25, 0.3) is 0 Å². The average Bonchev–Trinajstić information content (AvgIpc) is 2.77. The molecule has 7 nitrogen and oxygen atoms in total. The molecule has 0 aromatic heterocycles. The van der Waals surface area contributed by atoms with Gasteiger partial charge in [-0.3, -0.25) is 9.59 Å². The van der Waals surface area contributed by atoms with Crippen molar-refractivity contribution in [2.45, 2.75) is 11.8 Å². The van der Waals surface area contributed by atoms with E-state index >= 15 is 0 Å². The van der Waals surface area contributed by atoms with Gasteiger partial charge in [-0.25, -0.2) is 13.6 Å². The van der Waals surface area contributed by atoms with Gasteiger partial charge in [0.15, 0.2) is 0 Å². The van der Waals surface area contributed by atoms with Crippen LogP contribution in [-0.2, 0) is 20.6 Å². The Morgan fingerprint density at radius 1 is 1.40 bits per heavy atom. The molecule has 0 radical (unpaired) electrons. The average molecular weight is 315 g/mol. The fraction of sp³-hybridized carbons (Fsp3) is 0.273. The number of anilines is 1. The Morgan fingerprint density at radius 2 is 2.05 bits per heavy atom. The van der Waals surface area contributed by atoms with Crippen molar-refractivity contribution < 1.29 is 18.0 Å². The van der Waals surface area contributed by atoms with E-state index in [1.165, 1.54) is 0 Å². The molecule has 0 saturated carbocycles. The van der Waals surface area contributed by atoms with Gasteiger partial charge in [0.25, 0.3) is 5.24 Å². The number of nitrogens with two attached hydrogens (primary N) is 1. The molecule has 0 spiro atoms. The van der Waals surface area contributed by atoms with E-state index in [1.54, 1.807) is 24.3 Å². The first kappa shape index (κ1) is 14.8. The van der Waals surface area contributed by atoms with Crippen LogP contribution in [0.2, 0.25) is 0 Å². The molecule has 1 fully saturated rings. The molecule has 0 aliphatic carbocycles. The van der Waals surface area contributed by atoms with E-state index in [2.05, 4.69) is 10.6 Å². The molecule has 2 amide bonds. The fourth-order valence-corrected chi connectivity index (χ4v) is 3.11. The number of carbonyl (C=O) groups excluding carboxylic acids is 2. The maximum atomic E-state index is 11.8. The minimum atomic E-state index is -3.57. The molecule has 1 aromatic carbocycles. The summed E-state index contributed by atoms with van der Waals surface area (Å²) in [5, 5.41) is 9.91. The van der Waals surface area contributed by atoms with Gasteiger partial charge in [0.2, 0.25) is 15.9 Å². The van der Waals surface area contributed by atoms with Crippen LogP contribution < -0.4 is 15.8 Å². The van der Waals surface area contributed by atoms with E-state index in [0.717, 1.165) is 11.8 Å². The molecule has 1 aromatic rings. The summed E-state index contributed by atoms with van der Waals surface area (Å²) >= 11 is 1.06. The number of amides is 2. The number of sulfonamides is 1. The van der Waals surface area contributed by atoms with Gasteiger partial charge in [-0.15, -0.1) is 0 Å². The summed E-state index contributed by atoms with van der Waals surface area (Å²) in [4.78, 5) is 22.8. The highest BCUT2D eigenvalue weighted by Crippen LogP contribution is 2.16. The molecular weight excluding hydrogens is 302 g/mol. The van der Waals surface area contributed by atoms with Gasteiger partial charge in [0.1, 0.15) is 6.04 Å². The molecule has 0 bridgehead atoms. The molecule has 1 aliphatic rings. The number of rotatable bonds is 4. The van der Waals surface area contributed by atoms with Crippen LogP contribution in [0, 0.1) is 0 Å². The first-order valence-electron chi connectivity index (χ1n) is 5.67. The van der Waals surface area contributed by atoms with Gasteiger partial charge in [-0.1, -0.05) is 23.9 Å². The molecule has 20 heavy (non-hydrogen) atoms. The molecule has 108 valence electrons. The second kappa shape index (κ2) is 5.81. The van der Waals surface area contributed by atoms with Crippen LogP contribution in [0.15, 0.2) is 24.3 Å². The van der Waals surface area contributed by atoms with Crippen molar-refractivity contribution in [1.82, 2.24) is 5.32 Å². The number of hydrogen-bond donors (Lipinski definition) is 3. The first-order valence-corrected chi connectivity index (χ1v) is 8.37. The summed E-state index contributed by atoms with van der Waals surface area (Å²) in [6.07, 6.45) is 0. The third-order valence-corrected chi connectivity index (χ3v) is 4.19. The Labute approximate surface area is 120 Å². The van der Waals surface area contributed by atoms with E-state index in [0.29, 0.717) is 17.0 Å². The molecule has 2 rings (SSSR count). The van der Waals surface area contributed by atoms with Crippen molar-refractivity contribution >= 4 is 38.6 Å². The summed E-state index contributed by atoms with van der Waals surface area (Å²) < 4.78 is 21.9. The molecule has 1 heterocycles. The van der Waals surface area contributed by atoms with E-state index in [4.69, 9.17) is 5.14 Å². The Hall–Kier alpha value is -1.58. The van der Waals surface area contributed by atoms with Gasteiger partial charge in [0.05, 0.1) is 5.75 Å². The maximum Gasteiger partial charge on any atom is 0.279 e. The normalized spacial score (nSPS) is 18.6. The zero-order valence-corrected chi connectivity index (χ0v) is 12.0. The lowest BCUT2D eigenvalue weighted by molar-refractivity contribution is -0.117. The van der Waals surface area contributed by atoms with Crippen LogP contribution in [0.1, 0.15) is 5.56 Å². The largest absolute Gasteiger partial charge is 0.334 e. The SMILES string of the molecule is NS(=O)(=O)Cc1ccc(NC(=O)C2CSC(=O)N2)cc1. The molecule has 9 heteroatoms. The van der Waals surface area contributed by atoms with Crippen molar-refractivity contribution in [2.24, 2.45) is 5.14 Å². The van der Waals surface area contributed by atoms with Gasteiger partial charge in [-0.05, 0) is 17.7 Å².